The second-order valence-corrected chi connectivity index (χ2v) is 5.85. The van der Waals surface area contributed by atoms with Crippen molar-refractivity contribution < 1.29 is 5.11 Å². The molecular weight excluding hydrogens is 240 g/mol. The van der Waals surface area contributed by atoms with E-state index in [-0.39, 0.29) is 12.0 Å². The van der Waals surface area contributed by atoms with Gasteiger partial charge in [0.15, 0.2) is 5.65 Å². The van der Waals surface area contributed by atoms with Gasteiger partial charge in [-0.3, -0.25) is 4.68 Å². The van der Waals surface area contributed by atoms with Crippen LogP contribution in [-0.2, 0) is 13.6 Å². The number of aromatic nitrogens is 3. The van der Waals surface area contributed by atoms with Crippen molar-refractivity contribution in [2.45, 2.75) is 27.3 Å². The van der Waals surface area contributed by atoms with Crippen LogP contribution < -0.4 is 5.32 Å². The molecule has 0 radical (unpaired) electrons. The predicted octanol–water partition coefficient (Wildman–Crippen LogP) is 1.38. The zero-order valence-electron chi connectivity index (χ0n) is 12.1. The number of aliphatic hydroxyl groups excluding tert-OH is 1. The second kappa shape index (κ2) is 5.27. The van der Waals surface area contributed by atoms with Crippen molar-refractivity contribution >= 4 is 11.0 Å². The van der Waals surface area contributed by atoms with Crippen LogP contribution in [0.15, 0.2) is 12.3 Å². The summed E-state index contributed by atoms with van der Waals surface area (Å²) in [4.78, 5) is 4.45. The number of rotatable bonds is 5. The van der Waals surface area contributed by atoms with Gasteiger partial charge in [-0.2, -0.15) is 5.10 Å². The normalized spacial score (nSPS) is 12.3. The molecule has 104 valence electrons. The molecule has 5 heteroatoms. The van der Waals surface area contributed by atoms with Gasteiger partial charge in [0.2, 0.25) is 0 Å². The number of hydrogen-bond donors (Lipinski definition) is 2. The molecule has 0 saturated heterocycles. The van der Waals surface area contributed by atoms with E-state index in [1.807, 2.05) is 34.0 Å². The summed E-state index contributed by atoms with van der Waals surface area (Å²) in [7, 11) is 1.91. The summed E-state index contributed by atoms with van der Waals surface area (Å²) in [6.45, 7) is 7.77. The monoisotopic (exact) mass is 262 g/mol. The quantitative estimate of drug-likeness (QED) is 0.854. The Kier molecular flexibility index (Phi) is 3.87. The van der Waals surface area contributed by atoms with Crippen LogP contribution >= 0.6 is 0 Å². The van der Waals surface area contributed by atoms with Crippen LogP contribution in [0.4, 0.5) is 0 Å². The molecular formula is C14H22N4O. The molecule has 2 rings (SSSR count). The number of aliphatic hydroxyl groups is 1. The molecule has 2 heterocycles. The standard InChI is InChI=1S/C14H22N4O/c1-10-12-5-11(6-15-8-14(2,3)9-19)7-16-13(12)18(4)17-10/h5,7,15,19H,6,8-9H2,1-4H3. The highest BCUT2D eigenvalue weighted by atomic mass is 16.3. The number of hydrogen-bond acceptors (Lipinski definition) is 4. The lowest BCUT2D eigenvalue weighted by Crippen LogP contribution is -2.31. The second-order valence-electron chi connectivity index (χ2n) is 5.85. The summed E-state index contributed by atoms with van der Waals surface area (Å²) < 4.78 is 1.80. The maximum Gasteiger partial charge on any atom is 0.157 e. The van der Waals surface area contributed by atoms with Gasteiger partial charge in [-0.25, -0.2) is 4.98 Å². The molecule has 2 N–H and O–H groups in total. The molecule has 0 amide bonds. The fourth-order valence-corrected chi connectivity index (χ4v) is 2.05. The number of pyridine rings is 1. The van der Waals surface area contributed by atoms with Gasteiger partial charge in [-0.15, -0.1) is 0 Å². The Labute approximate surface area is 113 Å². The molecule has 0 aromatic carbocycles. The van der Waals surface area contributed by atoms with Crippen LogP contribution in [0.2, 0.25) is 0 Å². The molecule has 5 nitrogen and oxygen atoms in total. The van der Waals surface area contributed by atoms with Gasteiger partial charge in [-0.1, -0.05) is 13.8 Å². The van der Waals surface area contributed by atoms with E-state index in [2.05, 4.69) is 21.5 Å². The molecule has 0 aliphatic heterocycles. The first kappa shape index (κ1) is 14.0. The Balaban J connectivity index is 2.08. The molecule has 0 aliphatic carbocycles. The third-order valence-electron chi connectivity index (χ3n) is 3.28. The molecule has 0 fully saturated rings. The van der Waals surface area contributed by atoms with Crippen LogP contribution in [0.1, 0.15) is 25.1 Å². The summed E-state index contributed by atoms with van der Waals surface area (Å²) in [6, 6.07) is 2.13. The van der Waals surface area contributed by atoms with E-state index in [4.69, 9.17) is 0 Å². The van der Waals surface area contributed by atoms with Crippen molar-refractivity contribution in [3.8, 4) is 0 Å². The molecule has 0 atom stereocenters. The minimum Gasteiger partial charge on any atom is -0.396 e. The molecule has 2 aromatic heterocycles. The fourth-order valence-electron chi connectivity index (χ4n) is 2.05. The van der Waals surface area contributed by atoms with Crippen molar-refractivity contribution in [1.82, 2.24) is 20.1 Å². The minimum absolute atomic E-state index is 0.0955. The first-order valence-corrected chi connectivity index (χ1v) is 6.53. The average molecular weight is 262 g/mol. The van der Waals surface area contributed by atoms with E-state index in [1.54, 1.807) is 4.68 Å². The van der Waals surface area contributed by atoms with Crippen LogP contribution in [0.5, 0.6) is 0 Å². The van der Waals surface area contributed by atoms with E-state index in [0.29, 0.717) is 0 Å². The van der Waals surface area contributed by atoms with Crippen molar-refractivity contribution in [2.75, 3.05) is 13.2 Å². The minimum atomic E-state index is -0.0955. The summed E-state index contributed by atoms with van der Waals surface area (Å²) >= 11 is 0. The molecule has 0 bridgehead atoms. The first-order chi connectivity index (χ1) is 8.93. The lowest BCUT2D eigenvalue weighted by atomic mass is 9.95. The van der Waals surface area contributed by atoms with Gasteiger partial charge in [0.05, 0.1) is 5.69 Å². The summed E-state index contributed by atoms with van der Waals surface area (Å²) in [5.41, 5.74) is 2.96. The highest BCUT2D eigenvalue weighted by Gasteiger charge is 2.15. The van der Waals surface area contributed by atoms with Crippen molar-refractivity contribution in [2.24, 2.45) is 12.5 Å². The smallest absolute Gasteiger partial charge is 0.157 e. The third-order valence-corrected chi connectivity index (χ3v) is 3.28. The number of nitrogens with one attached hydrogen (secondary N) is 1. The molecule has 0 aliphatic rings. The molecule has 2 aromatic rings. The van der Waals surface area contributed by atoms with E-state index in [1.165, 1.54) is 0 Å². The third kappa shape index (κ3) is 3.11. The Hall–Kier alpha value is -1.46. The maximum atomic E-state index is 9.21. The number of aryl methyl sites for hydroxylation is 2. The topological polar surface area (TPSA) is 63.0 Å². The summed E-state index contributed by atoms with van der Waals surface area (Å²) in [5, 5.41) is 18.0. The number of fused-ring (bicyclic) bond motifs is 1. The Morgan fingerprint density at radius 2 is 2.16 bits per heavy atom. The molecule has 0 unspecified atom stereocenters. The molecule has 19 heavy (non-hydrogen) atoms. The first-order valence-electron chi connectivity index (χ1n) is 6.53. The zero-order valence-corrected chi connectivity index (χ0v) is 12.1. The van der Waals surface area contributed by atoms with Crippen molar-refractivity contribution in [3.63, 3.8) is 0 Å². The summed E-state index contributed by atoms with van der Waals surface area (Å²) in [6.07, 6.45) is 1.88. The van der Waals surface area contributed by atoms with Crippen molar-refractivity contribution in [1.29, 1.82) is 0 Å². The summed E-state index contributed by atoms with van der Waals surface area (Å²) in [5.74, 6) is 0. The van der Waals surface area contributed by atoms with Gasteiger partial charge in [0.1, 0.15) is 0 Å². The van der Waals surface area contributed by atoms with Gasteiger partial charge >= 0.3 is 0 Å². The Morgan fingerprint density at radius 1 is 1.42 bits per heavy atom. The highest BCUT2D eigenvalue weighted by molar-refractivity contribution is 5.78. The molecule has 0 saturated carbocycles. The van der Waals surface area contributed by atoms with E-state index in [9.17, 15) is 5.11 Å². The van der Waals surface area contributed by atoms with Gasteiger partial charge in [0, 0.05) is 43.7 Å². The van der Waals surface area contributed by atoms with Gasteiger partial charge < -0.3 is 10.4 Å². The van der Waals surface area contributed by atoms with E-state index < -0.39 is 0 Å². The van der Waals surface area contributed by atoms with E-state index >= 15 is 0 Å². The average Bonchev–Trinajstić information content (AvgIpc) is 2.65. The predicted molar refractivity (Wildman–Crippen MR) is 75.8 cm³/mol. The Morgan fingerprint density at radius 3 is 2.84 bits per heavy atom. The largest absolute Gasteiger partial charge is 0.396 e. The Bertz CT molecular complexity index is 574. The van der Waals surface area contributed by atoms with Crippen LogP contribution in [0, 0.1) is 12.3 Å². The lowest BCUT2D eigenvalue weighted by molar-refractivity contribution is 0.156. The zero-order chi connectivity index (χ0) is 14.0. The van der Waals surface area contributed by atoms with Gasteiger partial charge in [0.25, 0.3) is 0 Å². The maximum absolute atomic E-state index is 9.21. The van der Waals surface area contributed by atoms with Crippen LogP contribution in [0.25, 0.3) is 11.0 Å². The molecule has 0 spiro atoms. The van der Waals surface area contributed by atoms with Crippen LogP contribution in [0.3, 0.4) is 0 Å². The lowest BCUT2D eigenvalue weighted by Gasteiger charge is -2.21. The van der Waals surface area contributed by atoms with E-state index in [0.717, 1.165) is 35.4 Å². The number of nitrogens with zero attached hydrogens (tertiary/aromatic N) is 3. The van der Waals surface area contributed by atoms with Crippen molar-refractivity contribution in [3.05, 3.63) is 23.5 Å². The van der Waals surface area contributed by atoms with Crippen LogP contribution in [-0.4, -0.2) is 33.0 Å². The fraction of sp³-hybridized carbons (Fsp3) is 0.571. The SMILES string of the molecule is Cc1nn(C)c2ncc(CNCC(C)(C)CO)cc12. The van der Waals surface area contributed by atoms with Gasteiger partial charge in [-0.05, 0) is 18.6 Å². The highest BCUT2D eigenvalue weighted by Crippen LogP contribution is 2.17.